The first-order chi connectivity index (χ1) is 12.0. The number of nitrogens with zero attached hydrogens (tertiary/aromatic N) is 3. The lowest BCUT2D eigenvalue weighted by molar-refractivity contribution is -0.00683. The van der Waals surface area contributed by atoms with Gasteiger partial charge in [-0.1, -0.05) is 6.92 Å². The van der Waals surface area contributed by atoms with Gasteiger partial charge in [-0.3, -0.25) is 9.89 Å². The van der Waals surface area contributed by atoms with Gasteiger partial charge in [0.1, 0.15) is 0 Å². The van der Waals surface area contributed by atoms with E-state index in [1.807, 2.05) is 6.20 Å². The fourth-order valence-electron chi connectivity index (χ4n) is 2.80. The van der Waals surface area contributed by atoms with Crippen molar-refractivity contribution in [2.24, 2.45) is 4.99 Å². The number of ether oxygens (including phenoxy) is 1. The molecule has 26 heavy (non-hydrogen) atoms. The zero-order chi connectivity index (χ0) is 18.1. The summed E-state index contributed by atoms with van der Waals surface area (Å²) < 4.78 is 5.46. The molecule has 0 spiro atoms. The second-order valence-corrected chi connectivity index (χ2v) is 8.06. The monoisotopic (exact) mass is 495 g/mol. The molecule has 0 unspecified atom stereocenters. The zero-order valence-corrected chi connectivity index (χ0v) is 19.7. The summed E-state index contributed by atoms with van der Waals surface area (Å²) in [4.78, 5) is 13.1. The van der Waals surface area contributed by atoms with Gasteiger partial charge in [0, 0.05) is 49.2 Å². The highest BCUT2D eigenvalue weighted by Crippen LogP contribution is 2.16. The summed E-state index contributed by atoms with van der Waals surface area (Å²) in [6, 6.07) is 0. The predicted octanol–water partition coefficient (Wildman–Crippen LogP) is 2.53. The minimum atomic E-state index is 0. The topological polar surface area (TPSA) is 61.8 Å². The number of morpholine rings is 1. The van der Waals surface area contributed by atoms with Crippen LogP contribution in [0.25, 0.3) is 0 Å². The molecular weight excluding hydrogens is 461 g/mol. The summed E-state index contributed by atoms with van der Waals surface area (Å²) in [6.45, 7) is 14.9. The standard InChI is InChI=1S/C18H33N5OS.HI/c1-5-15-13-21-16(25-15)7-8-20-17(19-6-2)22-14-18(3,4)23-9-11-24-12-10-23;/h13H,5-12,14H2,1-4H3,(H2,19,20,22);1H. The Morgan fingerprint density at radius 2 is 2.04 bits per heavy atom. The molecule has 0 radical (unpaired) electrons. The molecule has 1 aromatic rings. The predicted molar refractivity (Wildman–Crippen MR) is 121 cm³/mol. The van der Waals surface area contributed by atoms with E-state index in [0.717, 1.165) is 64.7 Å². The molecular formula is C18H34IN5OS. The van der Waals surface area contributed by atoms with Crippen molar-refractivity contribution < 1.29 is 4.74 Å². The molecule has 1 fully saturated rings. The van der Waals surface area contributed by atoms with Gasteiger partial charge in [-0.05, 0) is 27.2 Å². The summed E-state index contributed by atoms with van der Waals surface area (Å²) in [5, 5.41) is 7.96. The third kappa shape index (κ3) is 7.66. The Labute approximate surface area is 179 Å². The maximum atomic E-state index is 5.46. The van der Waals surface area contributed by atoms with Crippen LogP contribution in [0.3, 0.4) is 0 Å². The maximum Gasteiger partial charge on any atom is 0.191 e. The first-order valence-corrected chi connectivity index (χ1v) is 10.2. The molecule has 1 saturated heterocycles. The van der Waals surface area contributed by atoms with E-state index in [4.69, 9.17) is 9.73 Å². The second-order valence-electron chi connectivity index (χ2n) is 6.86. The van der Waals surface area contributed by atoms with Crippen molar-refractivity contribution in [1.29, 1.82) is 0 Å². The van der Waals surface area contributed by atoms with Crippen molar-refractivity contribution in [2.75, 3.05) is 45.9 Å². The SMILES string of the molecule is CCNC(=NCC(C)(C)N1CCOCC1)NCCc1ncc(CC)s1.I. The number of aromatic nitrogens is 1. The van der Waals surface area contributed by atoms with Crippen molar-refractivity contribution >= 4 is 41.3 Å². The molecule has 0 amide bonds. The van der Waals surface area contributed by atoms with Gasteiger partial charge in [0.25, 0.3) is 0 Å². The van der Waals surface area contributed by atoms with Gasteiger partial charge in [0.15, 0.2) is 5.96 Å². The van der Waals surface area contributed by atoms with Crippen molar-refractivity contribution in [3.8, 4) is 0 Å². The van der Waals surface area contributed by atoms with E-state index in [-0.39, 0.29) is 29.5 Å². The van der Waals surface area contributed by atoms with Gasteiger partial charge >= 0.3 is 0 Å². The number of thiazole rings is 1. The Bertz CT molecular complexity index is 543. The summed E-state index contributed by atoms with van der Waals surface area (Å²) in [5.41, 5.74) is 0.0392. The number of aryl methyl sites for hydroxylation is 1. The van der Waals surface area contributed by atoms with Gasteiger partial charge in [0.05, 0.1) is 24.8 Å². The lowest BCUT2D eigenvalue weighted by Gasteiger charge is -2.39. The van der Waals surface area contributed by atoms with Crippen LogP contribution in [-0.4, -0.2) is 67.3 Å². The zero-order valence-electron chi connectivity index (χ0n) is 16.5. The maximum absolute atomic E-state index is 5.46. The highest BCUT2D eigenvalue weighted by Gasteiger charge is 2.28. The Hall–Kier alpha value is -0.450. The lowest BCUT2D eigenvalue weighted by Crippen LogP contribution is -2.52. The summed E-state index contributed by atoms with van der Waals surface area (Å²) >= 11 is 1.80. The van der Waals surface area contributed by atoms with E-state index in [0.29, 0.717) is 0 Å². The molecule has 0 bridgehead atoms. The highest BCUT2D eigenvalue weighted by atomic mass is 127. The van der Waals surface area contributed by atoms with Gasteiger partial charge in [-0.25, -0.2) is 4.98 Å². The van der Waals surface area contributed by atoms with Gasteiger partial charge in [-0.2, -0.15) is 0 Å². The van der Waals surface area contributed by atoms with Crippen LogP contribution in [0.1, 0.15) is 37.6 Å². The molecule has 1 aromatic heterocycles. The van der Waals surface area contributed by atoms with Crippen molar-refractivity contribution in [3.05, 3.63) is 16.1 Å². The van der Waals surface area contributed by atoms with Crippen LogP contribution in [0.2, 0.25) is 0 Å². The molecule has 1 aliphatic rings. The minimum absolute atomic E-state index is 0. The van der Waals surface area contributed by atoms with Crippen molar-refractivity contribution in [2.45, 2.75) is 46.1 Å². The fraction of sp³-hybridized carbons (Fsp3) is 0.778. The number of hydrogen-bond acceptors (Lipinski definition) is 5. The van der Waals surface area contributed by atoms with E-state index < -0.39 is 0 Å². The van der Waals surface area contributed by atoms with Crippen LogP contribution in [-0.2, 0) is 17.6 Å². The van der Waals surface area contributed by atoms with Crippen LogP contribution in [0.15, 0.2) is 11.2 Å². The number of aliphatic imine (C=N–C) groups is 1. The third-order valence-corrected chi connectivity index (χ3v) is 5.62. The summed E-state index contributed by atoms with van der Waals surface area (Å²) in [5.74, 6) is 0.885. The fourth-order valence-corrected chi connectivity index (χ4v) is 3.66. The molecule has 0 atom stereocenters. The normalized spacial score (nSPS) is 16.2. The van der Waals surface area contributed by atoms with Gasteiger partial charge in [0.2, 0.25) is 0 Å². The number of nitrogens with one attached hydrogen (secondary N) is 2. The van der Waals surface area contributed by atoms with Crippen molar-refractivity contribution in [1.82, 2.24) is 20.5 Å². The quantitative estimate of drug-likeness (QED) is 0.330. The summed E-state index contributed by atoms with van der Waals surface area (Å²) in [7, 11) is 0. The molecule has 8 heteroatoms. The third-order valence-electron chi connectivity index (χ3n) is 4.42. The second kappa shape index (κ2) is 12.1. The molecule has 2 rings (SSSR count). The summed E-state index contributed by atoms with van der Waals surface area (Å²) in [6.07, 6.45) is 3.98. The Morgan fingerprint density at radius 1 is 1.31 bits per heavy atom. The first kappa shape index (κ1) is 23.6. The van der Waals surface area contributed by atoms with E-state index in [1.165, 1.54) is 9.88 Å². The molecule has 1 aliphatic heterocycles. The van der Waals surface area contributed by atoms with E-state index >= 15 is 0 Å². The number of guanidine groups is 1. The number of rotatable bonds is 8. The largest absolute Gasteiger partial charge is 0.379 e. The number of halogens is 1. The van der Waals surface area contributed by atoms with Crippen LogP contribution in [0.5, 0.6) is 0 Å². The van der Waals surface area contributed by atoms with E-state index in [2.05, 4.69) is 48.2 Å². The molecule has 2 heterocycles. The first-order valence-electron chi connectivity index (χ1n) is 9.33. The smallest absolute Gasteiger partial charge is 0.191 e. The molecule has 2 N–H and O–H groups in total. The molecule has 150 valence electrons. The molecule has 0 aromatic carbocycles. The average Bonchev–Trinajstić information content (AvgIpc) is 3.08. The molecule has 6 nitrogen and oxygen atoms in total. The minimum Gasteiger partial charge on any atom is -0.379 e. The Morgan fingerprint density at radius 3 is 2.65 bits per heavy atom. The molecule has 0 aliphatic carbocycles. The number of hydrogen-bond donors (Lipinski definition) is 2. The van der Waals surface area contributed by atoms with Crippen molar-refractivity contribution in [3.63, 3.8) is 0 Å². The van der Waals surface area contributed by atoms with E-state index in [9.17, 15) is 0 Å². The average molecular weight is 495 g/mol. The van der Waals surface area contributed by atoms with Gasteiger partial charge < -0.3 is 15.4 Å². The van der Waals surface area contributed by atoms with Crippen LogP contribution in [0.4, 0.5) is 0 Å². The molecule has 0 saturated carbocycles. The Kier molecular flexibility index (Phi) is 11.0. The van der Waals surface area contributed by atoms with E-state index in [1.54, 1.807) is 11.3 Å². The Balaban J connectivity index is 0.00000338. The van der Waals surface area contributed by atoms with Crippen LogP contribution in [0, 0.1) is 0 Å². The van der Waals surface area contributed by atoms with Gasteiger partial charge in [-0.15, -0.1) is 35.3 Å². The van der Waals surface area contributed by atoms with Crippen LogP contribution >= 0.6 is 35.3 Å². The van der Waals surface area contributed by atoms with Crippen LogP contribution < -0.4 is 10.6 Å². The lowest BCUT2D eigenvalue weighted by atomic mass is 10.0. The highest BCUT2D eigenvalue weighted by molar-refractivity contribution is 14.0.